The maximum Gasteiger partial charge on any atom is 0.251 e. The van der Waals surface area contributed by atoms with Gasteiger partial charge in [-0.15, -0.1) is 0 Å². The van der Waals surface area contributed by atoms with Crippen molar-refractivity contribution in [3.8, 4) is 0 Å². The van der Waals surface area contributed by atoms with Gasteiger partial charge in [0.2, 0.25) is 0 Å². The molecule has 0 aliphatic carbocycles. The Balaban J connectivity index is 1.49. The maximum atomic E-state index is 12.4. The predicted octanol–water partition coefficient (Wildman–Crippen LogP) is 3.97. The monoisotopic (exact) mass is 437 g/mol. The molecule has 2 heterocycles. The molecular formula is C24H31N5O3. The largest absolute Gasteiger partial charge is 0.467 e. The molecule has 0 atom stereocenters. The Morgan fingerprint density at radius 1 is 1.00 bits per heavy atom. The van der Waals surface area contributed by atoms with E-state index in [9.17, 15) is 4.79 Å². The number of hydrogen-bond donors (Lipinski definition) is 3. The second-order valence-electron chi connectivity index (χ2n) is 7.47. The zero-order chi connectivity index (χ0) is 22.8. The molecule has 0 unspecified atom stereocenters. The van der Waals surface area contributed by atoms with Gasteiger partial charge in [0.25, 0.3) is 5.91 Å². The van der Waals surface area contributed by atoms with Crippen molar-refractivity contribution in [2.75, 3.05) is 7.05 Å². The lowest BCUT2D eigenvalue weighted by Gasteiger charge is -2.11. The summed E-state index contributed by atoms with van der Waals surface area (Å²) in [6.07, 6.45) is 3.67. The molecule has 2 aromatic heterocycles. The standard InChI is InChI=1S/C24H31N5O3/c1-4-18(5-2)22-13-21(32-29-22)16-28-24(25-3)27-14-17-8-6-9-19(12-17)23(30)26-15-20-10-7-11-31-20/h6-13,18H,4-5,14-16H2,1-3H3,(H,26,30)(H2,25,27,28). The van der Waals surface area contributed by atoms with E-state index in [1.54, 1.807) is 25.4 Å². The summed E-state index contributed by atoms with van der Waals surface area (Å²) in [6.45, 7) is 5.68. The highest BCUT2D eigenvalue weighted by Gasteiger charge is 2.13. The number of aliphatic imine (C=N–C) groups is 1. The first kappa shape index (κ1) is 23.1. The molecule has 3 rings (SSSR count). The van der Waals surface area contributed by atoms with Crippen LogP contribution >= 0.6 is 0 Å². The summed E-state index contributed by atoms with van der Waals surface area (Å²) in [5, 5.41) is 13.5. The Bertz CT molecular complexity index is 1010. The fourth-order valence-electron chi connectivity index (χ4n) is 3.39. The number of aromatic nitrogens is 1. The van der Waals surface area contributed by atoms with Crippen molar-refractivity contribution >= 4 is 11.9 Å². The molecular weight excluding hydrogens is 406 g/mol. The molecule has 0 saturated heterocycles. The molecule has 32 heavy (non-hydrogen) atoms. The van der Waals surface area contributed by atoms with Crippen LogP contribution in [0.25, 0.3) is 0 Å². The fourth-order valence-corrected chi connectivity index (χ4v) is 3.39. The number of furan rings is 1. The molecule has 0 bridgehead atoms. The molecule has 0 aliphatic heterocycles. The molecule has 170 valence electrons. The minimum atomic E-state index is -0.149. The van der Waals surface area contributed by atoms with Crippen LogP contribution in [0.1, 0.15) is 65.7 Å². The molecule has 1 amide bonds. The Morgan fingerprint density at radius 2 is 1.78 bits per heavy atom. The van der Waals surface area contributed by atoms with Gasteiger partial charge in [-0.25, -0.2) is 0 Å². The van der Waals surface area contributed by atoms with E-state index in [2.05, 4.69) is 39.9 Å². The van der Waals surface area contributed by atoms with Crippen molar-refractivity contribution in [2.24, 2.45) is 4.99 Å². The normalized spacial score (nSPS) is 11.6. The molecule has 0 aliphatic rings. The highest BCUT2D eigenvalue weighted by Crippen LogP contribution is 2.22. The van der Waals surface area contributed by atoms with Crippen LogP contribution in [0.5, 0.6) is 0 Å². The number of nitrogens with zero attached hydrogens (tertiary/aromatic N) is 2. The quantitative estimate of drug-likeness (QED) is 0.327. The van der Waals surface area contributed by atoms with E-state index in [-0.39, 0.29) is 5.91 Å². The van der Waals surface area contributed by atoms with Crippen molar-refractivity contribution < 1.29 is 13.7 Å². The summed E-state index contributed by atoms with van der Waals surface area (Å²) in [7, 11) is 1.71. The van der Waals surface area contributed by atoms with Crippen LogP contribution < -0.4 is 16.0 Å². The second-order valence-corrected chi connectivity index (χ2v) is 7.47. The van der Waals surface area contributed by atoms with E-state index in [1.807, 2.05) is 30.3 Å². The highest BCUT2D eigenvalue weighted by atomic mass is 16.5. The number of nitrogens with one attached hydrogen (secondary N) is 3. The summed E-state index contributed by atoms with van der Waals surface area (Å²) in [5.74, 6) is 2.39. The van der Waals surface area contributed by atoms with Gasteiger partial charge in [-0.05, 0) is 42.7 Å². The summed E-state index contributed by atoms with van der Waals surface area (Å²) < 4.78 is 10.7. The smallest absolute Gasteiger partial charge is 0.251 e. The summed E-state index contributed by atoms with van der Waals surface area (Å²) in [4.78, 5) is 16.7. The number of carbonyl (C=O) groups is 1. The van der Waals surface area contributed by atoms with Crippen molar-refractivity contribution in [1.29, 1.82) is 0 Å². The van der Waals surface area contributed by atoms with Crippen molar-refractivity contribution in [1.82, 2.24) is 21.1 Å². The van der Waals surface area contributed by atoms with E-state index < -0.39 is 0 Å². The summed E-state index contributed by atoms with van der Waals surface area (Å²) in [6, 6.07) is 13.1. The number of benzene rings is 1. The van der Waals surface area contributed by atoms with Crippen LogP contribution in [0.3, 0.4) is 0 Å². The molecule has 1 aromatic carbocycles. The highest BCUT2D eigenvalue weighted by molar-refractivity contribution is 5.94. The number of carbonyl (C=O) groups excluding carboxylic acids is 1. The van der Waals surface area contributed by atoms with Gasteiger partial charge in [0.05, 0.1) is 25.0 Å². The molecule has 0 fully saturated rings. The Kier molecular flexibility index (Phi) is 8.48. The lowest BCUT2D eigenvalue weighted by atomic mass is 9.99. The van der Waals surface area contributed by atoms with E-state index in [0.29, 0.717) is 42.8 Å². The molecule has 0 saturated carbocycles. The minimum absolute atomic E-state index is 0.149. The van der Waals surface area contributed by atoms with E-state index in [4.69, 9.17) is 8.94 Å². The Labute approximate surface area is 188 Å². The van der Waals surface area contributed by atoms with E-state index in [0.717, 1.165) is 29.9 Å². The van der Waals surface area contributed by atoms with Gasteiger partial charge in [0.15, 0.2) is 11.7 Å². The van der Waals surface area contributed by atoms with E-state index >= 15 is 0 Å². The maximum absolute atomic E-state index is 12.4. The second kappa shape index (κ2) is 11.7. The van der Waals surface area contributed by atoms with Crippen LogP contribution in [-0.2, 0) is 19.6 Å². The zero-order valence-electron chi connectivity index (χ0n) is 18.9. The summed E-state index contributed by atoms with van der Waals surface area (Å²) >= 11 is 0. The molecule has 0 radical (unpaired) electrons. The van der Waals surface area contributed by atoms with Crippen LogP contribution in [0.15, 0.2) is 62.7 Å². The molecule has 3 aromatic rings. The number of amides is 1. The molecule has 0 spiro atoms. The third kappa shape index (κ3) is 6.47. The minimum Gasteiger partial charge on any atom is -0.467 e. The zero-order valence-corrected chi connectivity index (χ0v) is 18.9. The van der Waals surface area contributed by atoms with Gasteiger partial charge < -0.3 is 24.9 Å². The summed E-state index contributed by atoms with van der Waals surface area (Å²) in [5.41, 5.74) is 2.56. The van der Waals surface area contributed by atoms with Gasteiger partial charge in [-0.1, -0.05) is 31.1 Å². The lowest BCUT2D eigenvalue weighted by Crippen LogP contribution is -2.36. The third-order valence-corrected chi connectivity index (χ3v) is 5.29. The first-order chi connectivity index (χ1) is 15.6. The van der Waals surface area contributed by atoms with E-state index in [1.165, 1.54) is 0 Å². The van der Waals surface area contributed by atoms with Crippen molar-refractivity contribution in [3.63, 3.8) is 0 Å². The number of hydrogen-bond acceptors (Lipinski definition) is 5. The van der Waals surface area contributed by atoms with Gasteiger partial charge >= 0.3 is 0 Å². The first-order valence-corrected chi connectivity index (χ1v) is 10.9. The molecule has 3 N–H and O–H groups in total. The van der Waals surface area contributed by atoms with Gasteiger partial charge in [-0.2, -0.15) is 0 Å². The number of guanidine groups is 1. The third-order valence-electron chi connectivity index (χ3n) is 5.29. The topological polar surface area (TPSA) is 105 Å². The van der Waals surface area contributed by atoms with Crippen LogP contribution in [-0.4, -0.2) is 24.1 Å². The lowest BCUT2D eigenvalue weighted by molar-refractivity contribution is 0.0948. The average Bonchev–Trinajstić information content (AvgIpc) is 3.51. The average molecular weight is 438 g/mol. The van der Waals surface area contributed by atoms with Crippen LogP contribution in [0, 0.1) is 0 Å². The first-order valence-electron chi connectivity index (χ1n) is 10.9. The van der Waals surface area contributed by atoms with Gasteiger partial charge in [0.1, 0.15) is 5.76 Å². The van der Waals surface area contributed by atoms with Gasteiger partial charge in [-0.3, -0.25) is 9.79 Å². The molecule has 8 nitrogen and oxygen atoms in total. The van der Waals surface area contributed by atoms with Crippen LogP contribution in [0.4, 0.5) is 0 Å². The van der Waals surface area contributed by atoms with Crippen molar-refractivity contribution in [2.45, 2.75) is 52.2 Å². The number of rotatable bonds is 10. The SMILES string of the molecule is CCC(CC)c1cc(CNC(=NC)NCc2cccc(C(=O)NCc3ccco3)c2)on1. The van der Waals surface area contributed by atoms with Gasteiger partial charge in [0, 0.05) is 31.1 Å². The Hall–Kier alpha value is -3.55. The molecule has 8 heteroatoms. The van der Waals surface area contributed by atoms with Crippen molar-refractivity contribution in [3.05, 3.63) is 77.1 Å². The Morgan fingerprint density at radius 3 is 2.50 bits per heavy atom. The van der Waals surface area contributed by atoms with Crippen LogP contribution in [0.2, 0.25) is 0 Å². The fraction of sp³-hybridized carbons (Fsp3) is 0.375. The predicted molar refractivity (Wildman–Crippen MR) is 123 cm³/mol.